The van der Waals surface area contributed by atoms with Crippen molar-refractivity contribution in [2.24, 2.45) is 0 Å². The Morgan fingerprint density at radius 2 is 2.42 bits per heavy atom. The molecule has 0 aromatic carbocycles. The summed E-state index contributed by atoms with van der Waals surface area (Å²) in [5, 5.41) is 9.18. The summed E-state index contributed by atoms with van der Waals surface area (Å²) in [7, 11) is 0. The van der Waals surface area contributed by atoms with Crippen molar-refractivity contribution in [1.29, 1.82) is 5.26 Å². The number of aromatic nitrogens is 1. The Balaban J connectivity index is 3.02. The van der Waals surface area contributed by atoms with Crippen molar-refractivity contribution in [2.75, 3.05) is 5.88 Å². The number of nitriles is 1. The molecule has 1 aromatic rings. The van der Waals surface area contributed by atoms with Crippen LogP contribution in [0.3, 0.4) is 0 Å². The molecule has 2 nitrogen and oxygen atoms in total. The first kappa shape index (κ1) is 9.31. The highest BCUT2D eigenvalue weighted by atomic mass is 35.5. The molecule has 0 fully saturated rings. The van der Waals surface area contributed by atoms with Crippen molar-refractivity contribution in [1.82, 2.24) is 4.98 Å². The minimum Gasteiger partial charge on any atom is -0.263 e. The fourth-order valence-corrected chi connectivity index (χ4v) is 1.34. The Morgan fingerprint density at radius 1 is 1.67 bits per heavy atom. The second kappa shape index (κ2) is 4.30. The summed E-state index contributed by atoms with van der Waals surface area (Å²) in [6.07, 6.45) is 3.10. The van der Waals surface area contributed by atoms with Crippen LogP contribution in [0.5, 0.6) is 0 Å². The largest absolute Gasteiger partial charge is 0.263 e. The average molecular weight is 201 g/mol. The Labute approximate surface area is 80.7 Å². The van der Waals surface area contributed by atoms with Gasteiger partial charge in [0.05, 0.1) is 17.0 Å². The summed E-state index contributed by atoms with van der Waals surface area (Å²) in [5.41, 5.74) is 0.740. The number of rotatable bonds is 2. The molecule has 1 unspecified atom stereocenters. The molecule has 62 valence electrons. The van der Waals surface area contributed by atoms with Crippen LogP contribution in [0.15, 0.2) is 18.5 Å². The van der Waals surface area contributed by atoms with Gasteiger partial charge in [0.2, 0.25) is 0 Å². The quantitative estimate of drug-likeness (QED) is 0.689. The summed E-state index contributed by atoms with van der Waals surface area (Å²) >= 11 is 11.4. The van der Waals surface area contributed by atoms with E-state index in [0.717, 1.165) is 5.56 Å². The third-order valence-corrected chi connectivity index (χ3v) is 2.11. The SMILES string of the molecule is N#CC(CCl)c1ccncc1Cl. The van der Waals surface area contributed by atoms with Crippen LogP contribution in [0.2, 0.25) is 5.02 Å². The average Bonchev–Trinajstić information content (AvgIpc) is 2.10. The van der Waals surface area contributed by atoms with Crippen molar-refractivity contribution in [3.63, 3.8) is 0 Å². The van der Waals surface area contributed by atoms with Gasteiger partial charge in [-0.2, -0.15) is 5.26 Å². The number of pyridine rings is 1. The predicted molar refractivity (Wildman–Crippen MR) is 48.3 cm³/mol. The van der Waals surface area contributed by atoms with Gasteiger partial charge in [0.25, 0.3) is 0 Å². The highest BCUT2D eigenvalue weighted by Gasteiger charge is 2.11. The summed E-state index contributed by atoms with van der Waals surface area (Å²) in [6, 6.07) is 3.77. The molecule has 0 aliphatic carbocycles. The molecule has 0 aliphatic rings. The molecule has 0 spiro atoms. The normalized spacial score (nSPS) is 12.1. The maximum atomic E-state index is 8.69. The highest BCUT2D eigenvalue weighted by molar-refractivity contribution is 6.31. The van der Waals surface area contributed by atoms with Gasteiger partial charge >= 0.3 is 0 Å². The molecule has 0 bridgehead atoms. The van der Waals surface area contributed by atoms with E-state index in [1.165, 1.54) is 6.20 Å². The van der Waals surface area contributed by atoms with E-state index in [1.54, 1.807) is 12.3 Å². The van der Waals surface area contributed by atoms with Crippen molar-refractivity contribution in [3.8, 4) is 6.07 Å². The van der Waals surface area contributed by atoms with E-state index in [4.69, 9.17) is 28.5 Å². The van der Waals surface area contributed by atoms with E-state index in [1.807, 2.05) is 0 Å². The third kappa shape index (κ3) is 1.88. The zero-order valence-corrected chi connectivity index (χ0v) is 7.68. The molecular weight excluding hydrogens is 195 g/mol. The van der Waals surface area contributed by atoms with E-state index in [0.29, 0.717) is 5.02 Å². The lowest BCUT2D eigenvalue weighted by Gasteiger charge is -2.05. The van der Waals surface area contributed by atoms with Gasteiger partial charge in [-0.25, -0.2) is 0 Å². The lowest BCUT2D eigenvalue weighted by Crippen LogP contribution is -1.97. The maximum absolute atomic E-state index is 8.69. The molecule has 12 heavy (non-hydrogen) atoms. The number of hydrogen-bond donors (Lipinski definition) is 0. The summed E-state index contributed by atoms with van der Waals surface area (Å²) in [5.74, 6) is -0.0950. The monoisotopic (exact) mass is 200 g/mol. The van der Waals surface area contributed by atoms with Crippen LogP contribution in [0.4, 0.5) is 0 Å². The van der Waals surface area contributed by atoms with Gasteiger partial charge in [-0.05, 0) is 11.6 Å². The summed E-state index contributed by atoms with van der Waals surface area (Å²) in [4.78, 5) is 3.81. The van der Waals surface area contributed by atoms with Gasteiger partial charge in [0.15, 0.2) is 0 Å². The second-order valence-corrected chi connectivity index (χ2v) is 2.95. The standard InChI is InChI=1S/C8H6Cl2N2/c9-3-6(4-11)7-1-2-12-5-8(7)10/h1-2,5-6H,3H2. The smallest absolute Gasteiger partial charge is 0.0863 e. The molecule has 0 aliphatic heterocycles. The molecule has 4 heteroatoms. The third-order valence-electron chi connectivity index (χ3n) is 1.49. The summed E-state index contributed by atoms with van der Waals surface area (Å²) < 4.78 is 0. The topological polar surface area (TPSA) is 36.7 Å². The molecule has 0 saturated heterocycles. The molecular formula is C8H6Cl2N2. The minimum atomic E-state index is -0.345. The van der Waals surface area contributed by atoms with E-state index in [9.17, 15) is 0 Å². The van der Waals surface area contributed by atoms with Crippen LogP contribution in [0, 0.1) is 11.3 Å². The van der Waals surface area contributed by atoms with Crippen molar-refractivity contribution in [2.45, 2.75) is 5.92 Å². The molecule has 1 rings (SSSR count). The van der Waals surface area contributed by atoms with Gasteiger partial charge in [0.1, 0.15) is 0 Å². The highest BCUT2D eigenvalue weighted by Crippen LogP contribution is 2.23. The molecule has 0 saturated carbocycles. The van der Waals surface area contributed by atoms with Gasteiger partial charge < -0.3 is 0 Å². The second-order valence-electron chi connectivity index (χ2n) is 2.23. The molecule has 0 amide bonds. The Hall–Kier alpha value is -0.780. The molecule has 0 N–H and O–H groups in total. The first-order chi connectivity index (χ1) is 5.79. The molecule has 1 atom stereocenters. The van der Waals surface area contributed by atoms with Crippen LogP contribution in [0.1, 0.15) is 11.5 Å². The number of hydrogen-bond acceptors (Lipinski definition) is 2. The van der Waals surface area contributed by atoms with Crippen LogP contribution in [0.25, 0.3) is 0 Å². The van der Waals surface area contributed by atoms with E-state index < -0.39 is 0 Å². The van der Waals surface area contributed by atoms with Crippen LogP contribution in [-0.4, -0.2) is 10.9 Å². The molecule has 1 aromatic heterocycles. The van der Waals surface area contributed by atoms with Crippen molar-refractivity contribution in [3.05, 3.63) is 29.0 Å². The van der Waals surface area contributed by atoms with E-state index in [-0.39, 0.29) is 11.8 Å². The zero-order valence-electron chi connectivity index (χ0n) is 6.17. The maximum Gasteiger partial charge on any atom is 0.0863 e. The van der Waals surface area contributed by atoms with Gasteiger partial charge in [-0.15, -0.1) is 11.6 Å². The Morgan fingerprint density at radius 3 is 2.92 bits per heavy atom. The van der Waals surface area contributed by atoms with Crippen molar-refractivity contribution >= 4 is 23.2 Å². The lowest BCUT2D eigenvalue weighted by atomic mass is 10.0. The first-order valence-electron chi connectivity index (χ1n) is 3.34. The van der Waals surface area contributed by atoms with Crippen LogP contribution < -0.4 is 0 Å². The number of halogens is 2. The first-order valence-corrected chi connectivity index (χ1v) is 4.26. The predicted octanol–water partition coefficient (Wildman–Crippen LogP) is 2.58. The fraction of sp³-hybridized carbons (Fsp3) is 0.250. The Bertz CT molecular complexity index is 306. The van der Waals surface area contributed by atoms with E-state index in [2.05, 4.69) is 11.1 Å². The van der Waals surface area contributed by atoms with Crippen molar-refractivity contribution < 1.29 is 0 Å². The van der Waals surface area contributed by atoms with Crippen LogP contribution >= 0.6 is 23.2 Å². The lowest BCUT2D eigenvalue weighted by molar-refractivity contribution is 0.983. The van der Waals surface area contributed by atoms with E-state index >= 15 is 0 Å². The zero-order chi connectivity index (χ0) is 8.97. The van der Waals surface area contributed by atoms with Crippen LogP contribution in [-0.2, 0) is 0 Å². The number of alkyl halides is 1. The minimum absolute atomic E-state index is 0.250. The molecule has 1 heterocycles. The van der Waals surface area contributed by atoms with Gasteiger partial charge in [-0.3, -0.25) is 4.98 Å². The molecule has 0 radical (unpaired) electrons. The summed E-state index contributed by atoms with van der Waals surface area (Å²) in [6.45, 7) is 0. The number of nitrogens with zero attached hydrogens (tertiary/aromatic N) is 2. The Kier molecular flexibility index (Phi) is 3.33. The van der Waals surface area contributed by atoms with Gasteiger partial charge in [0, 0.05) is 18.3 Å². The van der Waals surface area contributed by atoms with Gasteiger partial charge in [-0.1, -0.05) is 11.6 Å². The fourth-order valence-electron chi connectivity index (χ4n) is 0.856.